The summed E-state index contributed by atoms with van der Waals surface area (Å²) in [5.41, 5.74) is 0. The van der Waals surface area contributed by atoms with Crippen molar-refractivity contribution in [3.05, 3.63) is 0 Å². The molecule has 0 unspecified atom stereocenters. The van der Waals surface area contributed by atoms with Crippen LogP contribution in [0.5, 0.6) is 0 Å². The minimum atomic E-state index is -5.38. The molecule has 0 rings (SSSR count). The predicted molar refractivity (Wildman–Crippen MR) is 43.0 cm³/mol. The molecule has 0 N–H and O–H groups in total. The highest BCUT2D eigenvalue weighted by Gasteiger charge is 2.46. The zero-order chi connectivity index (χ0) is 14.6. The van der Waals surface area contributed by atoms with Gasteiger partial charge in [-0.05, 0) is 6.42 Å². The maximum atomic E-state index is 11.8. The van der Waals surface area contributed by atoms with Gasteiger partial charge in [0.25, 0.3) is 0 Å². The first-order valence-corrected chi connectivity index (χ1v) is 4.54. The van der Waals surface area contributed by atoms with Gasteiger partial charge in [-0.1, -0.05) is 6.92 Å². The van der Waals surface area contributed by atoms with Gasteiger partial charge in [0.15, 0.2) is 0 Å². The predicted octanol–water partition coefficient (Wildman–Crippen LogP) is 2.32. The number of halogens is 6. The minimum absolute atomic E-state index is 0.0426. The standard InChI is InChI=1S/C8H8F6O4/c1-2-3-4(17-5(15)7(9,10)11)18-6(16)8(12,13)14/h4H,2-3H2,1H3. The Bertz CT molecular complexity index is 280. The van der Waals surface area contributed by atoms with E-state index in [0.717, 1.165) is 0 Å². The van der Waals surface area contributed by atoms with Crippen molar-refractivity contribution in [2.24, 2.45) is 0 Å². The van der Waals surface area contributed by atoms with E-state index in [4.69, 9.17) is 0 Å². The third-order valence-corrected chi connectivity index (χ3v) is 1.46. The third-order valence-electron chi connectivity index (χ3n) is 1.46. The number of hydrogen-bond donors (Lipinski definition) is 0. The fourth-order valence-electron chi connectivity index (χ4n) is 0.750. The van der Waals surface area contributed by atoms with E-state index in [2.05, 4.69) is 9.47 Å². The molecule has 0 spiro atoms. The van der Waals surface area contributed by atoms with Gasteiger partial charge < -0.3 is 9.47 Å². The molecule has 106 valence electrons. The van der Waals surface area contributed by atoms with Gasteiger partial charge in [-0.2, -0.15) is 26.3 Å². The Morgan fingerprint density at radius 1 is 0.944 bits per heavy atom. The van der Waals surface area contributed by atoms with E-state index in [1.54, 1.807) is 0 Å². The van der Waals surface area contributed by atoms with Crippen LogP contribution in [0.15, 0.2) is 0 Å². The Balaban J connectivity index is 4.59. The summed E-state index contributed by atoms with van der Waals surface area (Å²) in [6, 6.07) is 0. The lowest BCUT2D eigenvalue weighted by atomic mass is 10.3. The van der Waals surface area contributed by atoms with Gasteiger partial charge in [0.1, 0.15) is 0 Å². The Morgan fingerprint density at radius 2 is 1.28 bits per heavy atom. The summed E-state index contributed by atoms with van der Waals surface area (Å²) >= 11 is 0. The van der Waals surface area contributed by atoms with Gasteiger partial charge in [-0.25, -0.2) is 9.59 Å². The van der Waals surface area contributed by atoms with E-state index in [-0.39, 0.29) is 6.42 Å². The number of carbonyl (C=O) groups is 2. The first-order valence-electron chi connectivity index (χ1n) is 4.54. The lowest BCUT2D eigenvalue weighted by Gasteiger charge is -2.18. The van der Waals surface area contributed by atoms with E-state index in [0.29, 0.717) is 0 Å². The van der Waals surface area contributed by atoms with Crippen molar-refractivity contribution in [1.82, 2.24) is 0 Å². The number of ether oxygens (including phenoxy) is 2. The molecule has 18 heavy (non-hydrogen) atoms. The Morgan fingerprint density at radius 3 is 1.50 bits per heavy atom. The lowest BCUT2D eigenvalue weighted by Crippen LogP contribution is -2.36. The molecule has 0 aromatic carbocycles. The highest BCUT2D eigenvalue weighted by Crippen LogP contribution is 2.22. The SMILES string of the molecule is CCCC(OC(=O)C(F)(F)F)OC(=O)C(F)(F)F. The summed E-state index contributed by atoms with van der Waals surface area (Å²) in [6.45, 7) is 1.38. The molecule has 0 aliphatic heterocycles. The second-order valence-corrected chi connectivity index (χ2v) is 3.02. The summed E-state index contributed by atoms with van der Waals surface area (Å²) in [7, 11) is 0. The quantitative estimate of drug-likeness (QED) is 0.451. The molecule has 0 fully saturated rings. The molecular weight excluding hydrogens is 274 g/mol. The first-order chi connectivity index (χ1) is 7.98. The number of rotatable bonds is 4. The number of carbonyl (C=O) groups excluding carboxylic acids is 2. The van der Waals surface area contributed by atoms with Gasteiger partial charge in [-0.15, -0.1) is 0 Å². The van der Waals surface area contributed by atoms with Crippen LogP contribution in [0.25, 0.3) is 0 Å². The summed E-state index contributed by atoms with van der Waals surface area (Å²) in [6.07, 6.45) is -13.4. The second-order valence-electron chi connectivity index (χ2n) is 3.02. The fourth-order valence-corrected chi connectivity index (χ4v) is 0.750. The third kappa shape index (κ3) is 5.73. The summed E-state index contributed by atoms with van der Waals surface area (Å²) < 4.78 is 77.9. The average Bonchev–Trinajstić information content (AvgIpc) is 2.14. The molecule has 0 heterocycles. The molecule has 0 radical (unpaired) electrons. The molecule has 0 saturated heterocycles. The van der Waals surface area contributed by atoms with Crippen LogP contribution in [-0.4, -0.2) is 30.6 Å². The lowest BCUT2D eigenvalue weighted by molar-refractivity contribution is -0.241. The minimum Gasteiger partial charge on any atom is -0.418 e. The van der Waals surface area contributed by atoms with E-state index in [1.807, 2.05) is 0 Å². The van der Waals surface area contributed by atoms with Gasteiger partial charge in [0, 0.05) is 6.42 Å². The second kappa shape index (κ2) is 5.91. The fraction of sp³-hybridized carbons (Fsp3) is 0.750. The van der Waals surface area contributed by atoms with Gasteiger partial charge in [0.05, 0.1) is 0 Å². The highest BCUT2D eigenvalue weighted by molar-refractivity contribution is 5.77. The molecule has 0 aliphatic carbocycles. The molecule has 0 saturated carbocycles. The van der Waals surface area contributed by atoms with E-state index in [9.17, 15) is 35.9 Å². The van der Waals surface area contributed by atoms with Crippen LogP contribution in [0.1, 0.15) is 19.8 Å². The highest BCUT2D eigenvalue weighted by atomic mass is 19.4. The summed E-state index contributed by atoms with van der Waals surface area (Å²) in [5.74, 6) is -5.45. The Kier molecular flexibility index (Phi) is 5.43. The van der Waals surface area contributed by atoms with Gasteiger partial charge in [-0.3, -0.25) is 0 Å². The molecule has 10 heteroatoms. The molecule has 0 aromatic rings. The molecule has 0 bridgehead atoms. The van der Waals surface area contributed by atoms with Crippen LogP contribution < -0.4 is 0 Å². The first kappa shape index (κ1) is 16.5. The summed E-state index contributed by atoms with van der Waals surface area (Å²) in [5, 5.41) is 0. The van der Waals surface area contributed by atoms with Crippen molar-refractivity contribution in [2.75, 3.05) is 0 Å². The molecule has 4 nitrogen and oxygen atoms in total. The summed E-state index contributed by atoms with van der Waals surface area (Å²) in [4.78, 5) is 20.7. The van der Waals surface area contributed by atoms with Crippen molar-refractivity contribution in [2.45, 2.75) is 38.4 Å². The van der Waals surface area contributed by atoms with Crippen LogP contribution in [0.3, 0.4) is 0 Å². The van der Waals surface area contributed by atoms with E-state index < -0.39 is 37.0 Å². The van der Waals surface area contributed by atoms with E-state index >= 15 is 0 Å². The molecular formula is C8H8F6O4. The monoisotopic (exact) mass is 282 g/mol. The Hall–Kier alpha value is -1.48. The van der Waals surface area contributed by atoms with Crippen molar-refractivity contribution in [3.63, 3.8) is 0 Å². The van der Waals surface area contributed by atoms with Crippen LogP contribution in [0, 0.1) is 0 Å². The number of hydrogen-bond acceptors (Lipinski definition) is 4. The van der Waals surface area contributed by atoms with Crippen LogP contribution in [0.2, 0.25) is 0 Å². The smallest absolute Gasteiger partial charge is 0.418 e. The molecule has 0 aromatic heterocycles. The van der Waals surface area contributed by atoms with Crippen molar-refractivity contribution in [1.29, 1.82) is 0 Å². The largest absolute Gasteiger partial charge is 0.491 e. The maximum Gasteiger partial charge on any atom is 0.491 e. The molecule has 0 atom stereocenters. The zero-order valence-corrected chi connectivity index (χ0v) is 8.89. The average molecular weight is 282 g/mol. The maximum absolute atomic E-state index is 11.8. The zero-order valence-electron chi connectivity index (χ0n) is 8.89. The van der Waals surface area contributed by atoms with Crippen molar-refractivity contribution in [3.8, 4) is 0 Å². The molecule has 0 aliphatic rings. The normalized spacial score (nSPS) is 12.4. The Labute approximate surface area is 96.8 Å². The molecule has 0 amide bonds. The van der Waals surface area contributed by atoms with Crippen LogP contribution >= 0.6 is 0 Å². The number of esters is 2. The van der Waals surface area contributed by atoms with Gasteiger partial charge in [0.2, 0.25) is 6.29 Å². The van der Waals surface area contributed by atoms with Crippen molar-refractivity contribution >= 4 is 11.9 Å². The number of alkyl halides is 6. The van der Waals surface area contributed by atoms with Gasteiger partial charge >= 0.3 is 24.3 Å². The van der Waals surface area contributed by atoms with Crippen LogP contribution in [0.4, 0.5) is 26.3 Å². The van der Waals surface area contributed by atoms with E-state index in [1.165, 1.54) is 6.92 Å². The topological polar surface area (TPSA) is 52.6 Å². The van der Waals surface area contributed by atoms with Crippen molar-refractivity contribution < 1.29 is 45.4 Å². The van der Waals surface area contributed by atoms with Crippen LogP contribution in [-0.2, 0) is 19.1 Å².